The molecule has 2 aliphatic rings. The Morgan fingerprint density at radius 3 is 2.64 bits per heavy atom. The maximum atomic E-state index is 12.8. The maximum Gasteiger partial charge on any atom is 0.227 e. The van der Waals surface area contributed by atoms with Crippen LogP contribution in [0.5, 0.6) is 0 Å². The molecule has 1 unspecified atom stereocenters. The van der Waals surface area contributed by atoms with Crippen molar-refractivity contribution >= 4 is 11.6 Å². The Hall–Kier alpha value is -1.59. The molecule has 0 aliphatic carbocycles. The third-order valence-electron chi connectivity index (χ3n) is 5.54. The number of piperazine rings is 1. The van der Waals surface area contributed by atoms with E-state index >= 15 is 0 Å². The van der Waals surface area contributed by atoms with Crippen LogP contribution in [0.2, 0.25) is 0 Å². The fourth-order valence-corrected chi connectivity index (χ4v) is 4.00. The molecule has 25 heavy (non-hydrogen) atoms. The predicted molar refractivity (Wildman–Crippen MR) is 101 cm³/mol. The number of hydrogen-bond acceptors (Lipinski definition) is 4. The molecule has 0 N–H and O–H groups in total. The van der Waals surface area contributed by atoms with E-state index in [0.717, 1.165) is 65.3 Å². The second-order valence-corrected chi connectivity index (χ2v) is 7.07. The largest absolute Gasteiger partial charge is 0.383 e. The molecular weight excluding hydrogens is 314 g/mol. The number of para-hydroxylation sites is 1. The first-order valence-electron chi connectivity index (χ1n) is 9.56. The number of likely N-dealkylation sites (tertiary alicyclic amines) is 1. The van der Waals surface area contributed by atoms with Gasteiger partial charge in [0.1, 0.15) is 0 Å². The molecule has 0 bridgehead atoms. The van der Waals surface area contributed by atoms with Crippen molar-refractivity contribution in [3.63, 3.8) is 0 Å². The summed E-state index contributed by atoms with van der Waals surface area (Å²) in [6, 6.07) is 8.64. The first-order valence-corrected chi connectivity index (χ1v) is 9.56. The van der Waals surface area contributed by atoms with Gasteiger partial charge in [-0.1, -0.05) is 25.1 Å². The zero-order valence-corrected chi connectivity index (χ0v) is 15.6. The number of carbonyl (C=O) groups is 1. The molecule has 0 saturated carbocycles. The molecule has 0 radical (unpaired) electrons. The first-order chi connectivity index (χ1) is 12.2. The summed E-state index contributed by atoms with van der Waals surface area (Å²) in [5.41, 5.74) is 2.73. The summed E-state index contributed by atoms with van der Waals surface area (Å²) in [6.07, 6.45) is 2.04. The van der Waals surface area contributed by atoms with Gasteiger partial charge < -0.3 is 19.4 Å². The highest BCUT2D eigenvalue weighted by Crippen LogP contribution is 2.24. The van der Waals surface area contributed by atoms with Gasteiger partial charge in [0.15, 0.2) is 0 Å². The second-order valence-electron chi connectivity index (χ2n) is 7.07. The number of carbonyl (C=O) groups excluding carboxylic acids is 1. The van der Waals surface area contributed by atoms with Crippen LogP contribution in [0, 0.1) is 5.92 Å². The Morgan fingerprint density at radius 2 is 1.92 bits per heavy atom. The number of rotatable bonds is 6. The van der Waals surface area contributed by atoms with Crippen LogP contribution >= 0.6 is 0 Å². The molecule has 1 aromatic rings. The van der Waals surface area contributed by atoms with E-state index in [4.69, 9.17) is 4.74 Å². The lowest BCUT2D eigenvalue weighted by atomic mass is 10.1. The van der Waals surface area contributed by atoms with Crippen molar-refractivity contribution in [2.24, 2.45) is 5.92 Å². The number of amides is 1. The monoisotopic (exact) mass is 345 g/mol. The van der Waals surface area contributed by atoms with Gasteiger partial charge >= 0.3 is 0 Å². The van der Waals surface area contributed by atoms with Crippen molar-refractivity contribution in [3.8, 4) is 0 Å². The molecule has 2 saturated heterocycles. The second kappa shape index (κ2) is 8.68. The molecule has 0 aromatic heterocycles. The summed E-state index contributed by atoms with van der Waals surface area (Å²) >= 11 is 0. The topological polar surface area (TPSA) is 36.0 Å². The van der Waals surface area contributed by atoms with Gasteiger partial charge in [-0.25, -0.2) is 0 Å². The van der Waals surface area contributed by atoms with Gasteiger partial charge in [0.2, 0.25) is 5.91 Å². The van der Waals surface area contributed by atoms with E-state index in [2.05, 4.69) is 45.9 Å². The van der Waals surface area contributed by atoms with Gasteiger partial charge in [-0.3, -0.25) is 4.79 Å². The van der Waals surface area contributed by atoms with Crippen LogP contribution in [0.4, 0.5) is 5.69 Å². The first kappa shape index (κ1) is 18.2. The summed E-state index contributed by atoms with van der Waals surface area (Å²) in [7, 11) is 1.73. The van der Waals surface area contributed by atoms with E-state index in [-0.39, 0.29) is 5.92 Å². The minimum atomic E-state index is 0.173. The minimum Gasteiger partial charge on any atom is -0.383 e. The number of anilines is 1. The molecule has 5 nitrogen and oxygen atoms in total. The molecular formula is C20H31N3O2. The summed E-state index contributed by atoms with van der Waals surface area (Å²) < 4.78 is 5.15. The van der Waals surface area contributed by atoms with Crippen LogP contribution < -0.4 is 4.90 Å². The summed E-state index contributed by atoms with van der Waals surface area (Å²) in [5.74, 6) is 0.523. The normalized spacial score (nSPS) is 21.8. The molecule has 5 heteroatoms. The number of ether oxygens (including phenoxy) is 1. The van der Waals surface area contributed by atoms with Crippen molar-refractivity contribution in [1.82, 2.24) is 9.80 Å². The van der Waals surface area contributed by atoms with Gasteiger partial charge in [-0.2, -0.15) is 0 Å². The summed E-state index contributed by atoms with van der Waals surface area (Å²) in [4.78, 5) is 19.7. The van der Waals surface area contributed by atoms with Gasteiger partial charge in [-0.05, 0) is 31.0 Å². The Balaban J connectivity index is 1.51. The van der Waals surface area contributed by atoms with Crippen LogP contribution in [0.1, 0.15) is 18.9 Å². The Bertz CT molecular complexity index is 570. The van der Waals surface area contributed by atoms with E-state index in [1.165, 1.54) is 11.3 Å². The van der Waals surface area contributed by atoms with Crippen molar-refractivity contribution in [3.05, 3.63) is 29.8 Å². The molecule has 2 fully saturated rings. The summed E-state index contributed by atoms with van der Waals surface area (Å²) in [5, 5.41) is 0. The van der Waals surface area contributed by atoms with Gasteiger partial charge in [-0.15, -0.1) is 0 Å². The van der Waals surface area contributed by atoms with Crippen LogP contribution in [-0.4, -0.2) is 75.2 Å². The average molecular weight is 345 g/mol. The van der Waals surface area contributed by atoms with Crippen molar-refractivity contribution in [2.45, 2.75) is 19.8 Å². The molecule has 0 spiro atoms. The van der Waals surface area contributed by atoms with E-state index in [1.54, 1.807) is 7.11 Å². The zero-order chi connectivity index (χ0) is 17.6. The highest BCUT2D eigenvalue weighted by molar-refractivity contribution is 5.79. The number of benzene rings is 1. The third-order valence-corrected chi connectivity index (χ3v) is 5.54. The number of nitrogens with zero attached hydrogens (tertiary/aromatic N) is 3. The highest BCUT2D eigenvalue weighted by atomic mass is 16.5. The molecule has 1 aromatic carbocycles. The van der Waals surface area contributed by atoms with Crippen LogP contribution in [-0.2, 0) is 16.0 Å². The van der Waals surface area contributed by atoms with E-state index in [0.29, 0.717) is 5.91 Å². The number of hydrogen-bond donors (Lipinski definition) is 0. The standard InChI is InChI=1S/C20H31N3O2/c1-3-17-6-4-5-7-19(17)22-10-12-23(13-11-22)20(24)18-8-9-21(16-18)14-15-25-2/h4-7,18H,3,8-16H2,1-2H3. The van der Waals surface area contributed by atoms with Crippen LogP contribution in [0.3, 0.4) is 0 Å². The minimum absolute atomic E-state index is 0.173. The SMILES string of the molecule is CCc1ccccc1N1CCN(C(=O)C2CCN(CCOC)C2)CC1. The van der Waals surface area contributed by atoms with E-state index in [1.807, 2.05) is 0 Å². The molecule has 1 atom stereocenters. The number of aryl methyl sites for hydroxylation is 1. The Labute approximate surface area is 151 Å². The fourth-order valence-electron chi connectivity index (χ4n) is 4.00. The number of methoxy groups -OCH3 is 1. The zero-order valence-electron chi connectivity index (χ0n) is 15.6. The third kappa shape index (κ3) is 4.33. The Kier molecular flexibility index (Phi) is 6.32. The quantitative estimate of drug-likeness (QED) is 0.789. The van der Waals surface area contributed by atoms with Gasteiger partial charge in [0.25, 0.3) is 0 Å². The van der Waals surface area contributed by atoms with Crippen molar-refractivity contribution < 1.29 is 9.53 Å². The maximum absolute atomic E-state index is 12.8. The predicted octanol–water partition coefficient (Wildman–Crippen LogP) is 1.87. The van der Waals surface area contributed by atoms with E-state index < -0.39 is 0 Å². The Morgan fingerprint density at radius 1 is 1.16 bits per heavy atom. The molecule has 2 heterocycles. The van der Waals surface area contributed by atoms with Crippen LogP contribution in [0.15, 0.2) is 24.3 Å². The van der Waals surface area contributed by atoms with Gasteiger partial charge in [0.05, 0.1) is 12.5 Å². The van der Waals surface area contributed by atoms with Crippen molar-refractivity contribution in [2.75, 3.05) is 64.4 Å². The highest BCUT2D eigenvalue weighted by Gasteiger charge is 2.32. The molecule has 3 rings (SSSR count). The summed E-state index contributed by atoms with van der Waals surface area (Å²) in [6.45, 7) is 9.33. The fraction of sp³-hybridized carbons (Fsp3) is 0.650. The van der Waals surface area contributed by atoms with Gasteiger partial charge in [0, 0.05) is 52.1 Å². The van der Waals surface area contributed by atoms with E-state index in [9.17, 15) is 4.79 Å². The van der Waals surface area contributed by atoms with Crippen molar-refractivity contribution in [1.29, 1.82) is 0 Å². The molecule has 138 valence electrons. The molecule has 1 amide bonds. The lowest BCUT2D eigenvalue weighted by Gasteiger charge is -2.38. The lowest BCUT2D eigenvalue weighted by molar-refractivity contribution is -0.135. The molecule has 2 aliphatic heterocycles. The smallest absolute Gasteiger partial charge is 0.227 e. The lowest BCUT2D eigenvalue weighted by Crippen LogP contribution is -2.51. The van der Waals surface area contributed by atoms with Crippen LogP contribution in [0.25, 0.3) is 0 Å². The average Bonchev–Trinajstić information content (AvgIpc) is 3.15.